The summed E-state index contributed by atoms with van der Waals surface area (Å²) in [7, 11) is 0. The minimum absolute atomic E-state index is 0.283. The summed E-state index contributed by atoms with van der Waals surface area (Å²) in [5.41, 5.74) is 1.37. The molecule has 0 fully saturated rings. The molecule has 0 saturated carbocycles. The van der Waals surface area contributed by atoms with E-state index in [2.05, 4.69) is 5.32 Å². The second-order valence-corrected chi connectivity index (χ2v) is 4.84. The number of hydrogen-bond donors (Lipinski definition) is 1. The minimum Gasteiger partial charge on any atom is -0.385 e. The standard InChI is InChI=1S/C16H15F4N.C2H6/c1-11-2-7-14(10-15(11)17)21-9-8-12-3-5-13(6-4-12)16(18,19)20;1-2/h2-7,10,21H,8-9H2,1H3;1-2H3. The maximum Gasteiger partial charge on any atom is 0.416 e. The summed E-state index contributed by atoms with van der Waals surface area (Å²) in [6, 6.07) is 9.91. The van der Waals surface area contributed by atoms with Crippen LogP contribution >= 0.6 is 0 Å². The van der Waals surface area contributed by atoms with Crippen LogP contribution in [0.3, 0.4) is 0 Å². The van der Waals surface area contributed by atoms with E-state index in [4.69, 9.17) is 0 Å². The Labute approximate surface area is 134 Å². The molecule has 0 aliphatic rings. The first-order chi connectivity index (χ1) is 10.9. The number of anilines is 1. The van der Waals surface area contributed by atoms with Crippen molar-refractivity contribution < 1.29 is 17.6 Å². The van der Waals surface area contributed by atoms with Gasteiger partial charge in [0.05, 0.1) is 5.56 Å². The van der Waals surface area contributed by atoms with Gasteiger partial charge in [-0.05, 0) is 48.7 Å². The Morgan fingerprint density at radius 1 is 0.957 bits per heavy atom. The van der Waals surface area contributed by atoms with Crippen molar-refractivity contribution in [2.24, 2.45) is 0 Å². The highest BCUT2D eigenvalue weighted by atomic mass is 19.4. The van der Waals surface area contributed by atoms with Crippen LogP contribution in [0.1, 0.15) is 30.5 Å². The van der Waals surface area contributed by atoms with Crippen LogP contribution in [0.2, 0.25) is 0 Å². The lowest BCUT2D eigenvalue weighted by atomic mass is 10.1. The third kappa shape index (κ3) is 5.93. The average molecular weight is 327 g/mol. The number of alkyl halides is 3. The van der Waals surface area contributed by atoms with Gasteiger partial charge in [-0.2, -0.15) is 13.2 Å². The first-order valence-corrected chi connectivity index (χ1v) is 7.52. The summed E-state index contributed by atoms with van der Waals surface area (Å²) in [4.78, 5) is 0. The zero-order valence-corrected chi connectivity index (χ0v) is 13.5. The Balaban J connectivity index is 0.00000127. The molecule has 5 heteroatoms. The van der Waals surface area contributed by atoms with Crippen molar-refractivity contribution in [2.75, 3.05) is 11.9 Å². The molecule has 126 valence electrons. The molecular weight excluding hydrogens is 306 g/mol. The number of hydrogen-bond acceptors (Lipinski definition) is 1. The molecule has 1 N–H and O–H groups in total. The van der Waals surface area contributed by atoms with Crippen LogP contribution in [0.4, 0.5) is 23.2 Å². The van der Waals surface area contributed by atoms with Crippen molar-refractivity contribution in [3.8, 4) is 0 Å². The maximum atomic E-state index is 13.3. The van der Waals surface area contributed by atoms with E-state index in [-0.39, 0.29) is 5.82 Å². The maximum absolute atomic E-state index is 13.3. The second kappa shape index (κ2) is 8.56. The van der Waals surface area contributed by atoms with Crippen LogP contribution in [0.5, 0.6) is 0 Å². The SMILES string of the molecule is CC.Cc1ccc(NCCc2ccc(C(F)(F)F)cc2)cc1F. The van der Waals surface area contributed by atoms with E-state index in [9.17, 15) is 17.6 Å². The Kier molecular flexibility index (Phi) is 7.07. The molecule has 2 rings (SSSR count). The molecule has 0 saturated heterocycles. The Morgan fingerprint density at radius 2 is 1.57 bits per heavy atom. The molecule has 0 spiro atoms. The molecule has 2 aromatic rings. The van der Waals surface area contributed by atoms with Crippen LogP contribution in [0.15, 0.2) is 42.5 Å². The first-order valence-electron chi connectivity index (χ1n) is 7.52. The normalized spacial score (nSPS) is 10.7. The predicted molar refractivity (Wildman–Crippen MR) is 86.1 cm³/mol. The highest BCUT2D eigenvalue weighted by Gasteiger charge is 2.29. The Morgan fingerprint density at radius 3 is 2.09 bits per heavy atom. The minimum atomic E-state index is -4.31. The molecule has 0 heterocycles. The van der Waals surface area contributed by atoms with Gasteiger partial charge in [0.1, 0.15) is 5.82 Å². The van der Waals surface area contributed by atoms with E-state index in [1.807, 2.05) is 13.8 Å². The second-order valence-electron chi connectivity index (χ2n) is 4.84. The molecule has 0 radical (unpaired) electrons. The van der Waals surface area contributed by atoms with Crippen molar-refractivity contribution >= 4 is 5.69 Å². The molecule has 2 aromatic carbocycles. The van der Waals surface area contributed by atoms with Crippen LogP contribution in [-0.2, 0) is 12.6 Å². The molecule has 0 amide bonds. The van der Waals surface area contributed by atoms with E-state index in [1.165, 1.54) is 18.2 Å². The molecule has 1 nitrogen and oxygen atoms in total. The van der Waals surface area contributed by atoms with Gasteiger partial charge < -0.3 is 5.32 Å². The fourth-order valence-electron chi connectivity index (χ4n) is 1.91. The van der Waals surface area contributed by atoms with Crippen LogP contribution in [-0.4, -0.2) is 6.54 Å². The number of nitrogens with one attached hydrogen (secondary N) is 1. The number of halogens is 4. The summed E-state index contributed by atoms with van der Waals surface area (Å²) in [5.74, 6) is -0.283. The Bertz CT molecular complexity index is 603. The van der Waals surface area contributed by atoms with Gasteiger partial charge >= 0.3 is 6.18 Å². The molecule has 0 aliphatic heterocycles. The van der Waals surface area contributed by atoms with Gasteiger partial charge in [0.15, 0.2) is 0 Å². The lowest BCUT2D eigenvalue weighted by Gasteiger charge is -2.09. The lowest BCUT2D eigenvalue weighted by molar-refractivity contribution is -0.137. The van der Waals surface area contributed by atoms with Crippen LogP contribution < -0.4 is 5.32 Å². The number of benzene rings is 2. The largest absolute Gasteiger partial charge is 0.416 e. The van der Waals surface area contributed by atoms with Gasteiger partial charge in [0.2, 0.25) is 0 Å². The van der Waals surface area contributed by atoms with Gasteiger partial charge in [-0.25, -0.2) is 4.39 Å². The predicted octanol–water partition coefficient (Wildman–Crippen LogP) is 5.83. The third-order valence-electron chi connectivity index (χ3n) is 3.20. The van der Waals surface area contributed by atoms with Crippen molar-refractivity contribution in [1.29, 1.82) is 0 Å². The van der Waals surface area contributed by atoms with Gasteiger partial charge in [0, 0.05) is 12.2 Å². The summed E-state index contributed by atoms with van der Waals surface area (Å²) >= 11 is 0. The molecule has 0 atom stereocenters. The molecule has 0 aromatic heterocycles. The fraction of sp³-hybridized carbons (Fsp3) is 0.333. The zero-order chi connectivity index (χ0) is 17.5. The van der Waals surface area contributed by atoms with Crippen LogP contribution in [0.25, 0.3) is 0 Å². The fourth-order valence-corrected chi connectivity index (χ4v) is 1.91. The van der Waals surface area contributed by atoms with Crippen molar-refractivity contribution in [1.82, 2.24) is 0 Å². The lowest BCUT2D eigenvalue weighted by Crippen LogP contribution is -2.07. The smallest absolute Gasteiger partial charge is 0.385 e. The monoisotopic (exact) mass is 327 g/mol. The number of aryl methyl sites for hydroxylation is 1. The Hall–Kier alpha value is -2.04. The summed E-state index contributed by atoms with van der Waals surface area (Å²) in [5, 5.41) is 3.04. The zero-order valence-electron chi connectivity index (χ0n) is 13.5. The van der Waals surface area contributed by atoms with E-state index in [0.29, 0.717) is 24.2 Å². The molecule has 0 bridgehead atoms. The summed E-state index contributed by atoms with van der Waals surface area (Å²) in [6.45, 7) is 6.20. The van der Waals surface area contributed by atoms with Gasteiger partial charge in [0.25, 0.3) is 0 Å². The van der Waals surface area contributed by atoms with E-state index in [0.717, 1.165) is 17.7 Å². The molecule has 0 unspecified atom stereocenters. The van der Waals surface area contributed by atoms with Gasteiger partial charge in [-0.3, -0.25) is 0 Å². The first kappa shape index (κ1) is 19.0. The van der Waals surface area contributed by atoms with Gasteiger partial charge in [-0.1, -0.05) is 32.0 Å². The van der Waals surface area contributed by atoms with Crippen molar-refractivity contribution in [3.63, 3.8) is 0 Å². The number of rotatable bonds is 4. The van der Waals surface area contributed by atoms with E-state index < -0.39 is 11.7 Å². The van der Waals surface area contributed by atoms with Crippen LogP contribution in [0, 0.1) is 12.7 Å². The highest BCUT2D eigenvalue weighted by molar-refractivity contribution is 5.45. The third-order valence-corrected chi connectivity index (χ3v) is 3.20. The molecule has 23 heavy (non-hydrogen) atoms. The molecular formula is C18H21F4N. The highest BCUT2D eigenvalue weighted by Crippen LogP contribution is 2.29. The molecule has 0 aliphatic carbocycles. The van der Waals surface area contributed by atoms with Crippen molar-refractivity contribution in [3.05, 3.63) is 65.0 Å². The topological polar surface area (TPSA) is 12.0 Å². The van der Waals surface area contributed by atoms with Gasteiger partial charge in [-0.15, -0.1) is 0 Å². The quantitative estimate of drug-likeness (QED) is 0.696. The summed E-state index contributed by atoms with van der Waals surface area (Å²) in [6.07, 6.45) is -3.75. The average Bonchev–Trinajstić information content (AvgIpc) is 2.52. The van der Waals surface area contributed by atoms with Crippen molar-refractivity contribution in [2.45, 2.75) is 33.4 Å². The van der Waals surface area contributed by atoms with E-state index >= 15 is 0 Å². The van der Waals surface area contributed by atoms with E-state index in [1.54, 1.807) is 19.1 Å². The summed E-state index contributed by atoms with van der Waals surface area (Å²) < 4.78 is 50.6.